The zero-order valence-electron chi connectivity index (χ0n) is 6.88. The zero-order chi connectivity index (χ0) is 8.97. The fourth-order valence-electron chi connectivity index (χ4n) is 0.901. The lowest BCUT2D eigenvalue weighted by atomic mass is 10.1. The minimum atomic E-state index is -0.897. The van der Waals surface area contributed by atoms with Crippen molar-refractivity contribution in [3.05, 3.63) is 30.1 Å². The van der Waals surface area contributed by atoms with Crippen molar-refractivity contribution >= 4 is 18.4 Å². The first kappa shape index (κ1) is 11.9. The largest absolute Gasteiger partial charge is 0.481 e. The van der Waals surface area contributed by atoms with Crippen molar-refractivity contribution in [1.29, 1.82) is 0 Å². The Morgan fingerprint density at radius 2 is 2.38 bits per heavy atom. The third-order valence-corrected chi connectivity index (χ3v) is 1.51. The quantitative estimate of drug-likeness (QED) is 0.766. The van der Waals surface area contributed by atoms with Gasteiger partial charge in [-0.3, -0.25) is 9.78 Å². The molecule has 0 aliphatic heterocycles. The third-order valence-electron chi connectivity index (χ3n) is 1.51. The predicted octanol–water partition coefficient (Wildman–Crippen LogP) is 0.978. The summed E-state index contributed by atoms with van der Waals surface area (Å²) in [7, 11) is 0. The molecule has 1 aromatic rings. The molecular formula is C8H11ClN2O2. The molecule has 1 aromatic heterocycles. The van der Waals surface area contributed by atoms with Crippen LogP contribution in [0.4, 0.5) is 0 Å². The molecule has 0 fully saturated rings. The van der Waals surface area contributed by atoms with E-state index in [0.29, 0.717) is 0 Å². The smallest absolute Gasteiger partial charge is 0.305 e. The van der Waals surface area contributed by atoms with Gasteiger partial charge in [0.25, 0.3) is 0 Å². The van der Waals surface area contributed by atoms with Crippen molar-refractivity contribution in [3.8, 4) is 0 Å². The van der Waals surface area contributed by atoms with Gasteiger partial charge in [-0.05, 0) is 11.6 Å². The summed E-state index contributed by atoms with van der Waals surface area (Å²) < 4.78 is 0. The van der Waals surface area contributed by atoms with Gasteiger partial charge < -0.3 is 10.8 Å². The topological polar surface area (TPSA) is 76.2 Å². The number of hydrogen-bond acceptors (Lipinski definition) is 3. The van der Waals surface area contributed by atoms with E-state index in [4.69, 9.17) is 10.8 Å². The average Bonchev–Trinajstić information content (AvgIpc) is 2.05. The maximum atomic E-state index is 10.3. The fourth-order valence-corrected chi connectivity index (χ4v) is 0.901. The molecule has 0 amide bonds. The highest BCUT2D eigenvalue weighted by Crippen LogP contribution is 2.11. The number of aliphatic carboxylic acids is 1. The molecule has 5 heteroatoms. The van der Waals surface area contributed by atoms with Gasteiger partial charge >= 0.3 is 5.97 Å². The number of pyridine rings is 1. The Labute approximate surface area is 82.2 Å². The monoisotopic (exact) mass is 202 g/mol. The molecular weight excluding hydrogens is 192 g/mol. The van der Waals surface area contributed by atoms with Crippen LogP contribution in [0.15, 0.2) is 24.5 Å². The van der Waals surface area contributed by atoms with Crippen LogP contribution >= 0.6 is 12.4 Å². The Kier molecular flexibility index (Phi) is 5.03. The first-order valence-corrected chi connectivity index (χ1v) is 3.57. The number of aromatic nitrogens is 1. The molecule has 0 unspecified atom stereocenters. The highest BCUT2D eigenvalue weighted by molar-refractivity contribution is 5.85. The van der Waals surface area contributed by atoms with E-state index in [2.05, 4.69) is 4.98 Å². The number of nitrogens with zero attached hydrogens (tertiary/aromatic N) is 1. The number of carboxylic acid groups (broad SMARTS) is 1. The van der Waals surface area contributed by atoms with E-state index >= 15 is 0 Å². The normalized spacial score (nSPS) is 11.5. The van der Waals surface area contributed by atoms with E-state index in [1.54, 1.807) is 24.5 Å². The van der Waals surface area contributed by atoms with Crippen LogP contribution in [0.2, 0.25) is 0 Å². The van der Waals surface area contributed by atoms with Crippen molar-refractivity contribution < 1.29 is 9.90 Å². The van der Waals surface area contributed by atoms with E-state index in [1.165, 1.54) is 0 Å². The van der Waals surface area contributed by atoms with Gasteiger partial charge in [0.05, 0.1) is 6.42 Å². The molecule has 0 aliphatic carbocycles. The lowest BCUT2D eigenvalue weighted by Gasteiger charge is -2.07. The molecule has 0 saturated heterocycles. The fraction of sp³-hybridized carbons (Fsp3) is 0.250. The van der Waals surface area contributed by atoms with E-state index < -0.39 is 12.0 Å². The van der Waals surface area contributed by atoms with Crippen LogP contribution in [-0.4, -0.2) is 16.1 Å². The van der Waals surface area contributed by atoms with Crippen LogP contribution in [0.1, 0.15) is 18.0 Å². The maximum Gasteiger partial charge on any atom is 0.305 e. The highest BCUT2D eigenvalue weighted by Gasteiger charge is 2.09. The molecule has 0 aromatic carbocycles. The van der Waals surface area contributed by atoms with Crippen molar-refractivity contribution in [1.82, 2.24) is 4.98 Å². The Bertz CT molecular complexity index is 266. The van der Waals surface area contributed by atoms with E-state index in [9.17, 15) is 4.79 Å². The van der Waals surface area contributed by atoms with Gasteiger partial charge in [-0.1, -0.05) is 6.07 Å². The molecule has 1 atom stereocenters. The second-order valence-electron chi connectivity index (χ2n) is 2.49. The average molecular weight is 203 g/mol. The summed E-state index contributed by atoms with van der Waals surface area (Å²) in [5, 5.41) is 8.44. The first-order valence-electron chi connectivity index (χ1n) is 3.57. The van der Waals surface area contributed by atoms with Gasteiger partial charge in [-0.25, -0.2) is 0 Å². The SMILES string of the molecule is Cl.N[C@H](CC(=O)O)c1cccnc1. The number of rotatable bonds is 3. The summed E-state index contributed by atoms with van der Waals surface area (Å²) in [6.45, 7) is 0. The number of halogens is 1. The number of hydrogen-bond donors (Lipinski definition) is 2. The van der Waals surface area contributed by atoms with Crippen molar-refractivity contribution in [2.75, 3.05) is 0 Å². The summed E-state index contributed by atoms with van der Waals surface area (Å²) in [6, 6.07) is 3.04. The van der Waals surface area contributed by atoms with Crippen LogP contribution in [-0.2, 0) is 4.79 Å². The lowest BCUT2D eigenvalue weighted by molar-refractivity contribution is -0.137. The summed E-state index contributed by atoms with van der Waals surface area (Å²) in [6.07, 6.45) is 3.14. The molecule has 72 valence electrons. The number of nitrogens with two attached hydrogens (primary N) is 1. The van der Waals surface area contributed by atoms with E-state index in [0.717, 1.165) is 5.56 Å². The summed E-state index contributed by atoms with van der Waals surface area (Å²) >= 11 is 0. The summed E-state index contributed by atoms with van der Waals surface area (Å²) in [5.41, 5.74) is 6.33. The molecule has 0 radical (unpaired) electrons. The van der Waals surface area contributed by atoms with Crippen LogP contribution in [0, 0.1) is 0 Å². The number of carboxylic acids is 1. The molecule has 0 spiro atoms. The number of carbonyl (C=O) groups is 1. The van der Waals surface area contributed by atoms with Crippen LogP contribution in [0.3, 0.4) is 0 Å². The van der Waals surface area contributed by atoms with Gasteiger partial charge in [0.15, 0.2) is 0 Å². The van der Waals surface area contributed by atoms with Crippen molar-refractivity contribution in [2.24, 2.45) is 5.73 Å². The van der Waals surface area contributed by atoms with Crippen LogP contribution in [0.25, 0.3) is 0 Å². The highest BCUT2D eigenvalue weighted by atomic mass is 35.5. The molecule has 1 rings (SSSR count). The second kappa shape index (κ2) is 5.50. The molecule has 13 heavy (non-hydrogen) atoms. The van der Waals surface area contributed by atoms with E-state index in [-0.39, 0.29) is 18.8 Å². The van der Waals surface area contributed by atoms with Crippen molar-refractivity contribution in [2.45, 2.75) is 12.5 Å². The van der Waals surface area contributed by atoms with E-state index in [1.807, 2.05) is 0 Å². The van der Waals surface area contributed by atoms with Gasteiger partial charge in [-0.2, -0.15) is 0 Å². The molecule has 0 aliphatic rings. The van der Waals surface area contributed by atoms with Gasteiger partial charge in [0.1, 0.15) is 0 Å². The van der Waals surface area contributed by atoms with Gasteiger partial charge in [0, 0.05) is 18.4 Å². The summed E-state index contributed by atoms with van der Waals surface area (Å²) in [5.74, 6) is -0.897. The van der Waals surface area contributed by atoms with Gasteiger partial charge in [0.2, 0.25) is 0 Å². The first-order chi connectivity index (χ1) is 5.70. The molecule has 3 N–H and O–H groups in total. The molecule has 4 nitrogen and oxygen atoms in total. The Morgan fingerprint density at radius 3 is 2.85 bits per heavy atom. The van der Waals surface area contributed by atoms with Crippen LogP contribution in [0.5, 0.6) is 0 Å². The lowest BCUT2D eigenvalue weighted by Crippen LogP contribution is -2.14. The molecule has 0 bridgehead atoms. The second-order valence-corrected chi connectivity index (χ2v) is 2.49. The van der Waals surface area contributed by atoms with Crippen molar-refractivity contribution in [3.63, 3.8) is 0 Å². The standard InChI is InChI=1S/C8H10N2O2.ClH/c9-7(4-8(11)12)6-2-1-3-10-5-6;/h1-3,5,7H,4,9H2,(H,11,12);1H/t7-;/m1./s1. The molecule has 1 heterocycles. The predicted molar refractivity (Wildman–Crippen MR) is 50.7 cm³/mol. The maximum absolute atomic E-state index is 10.3. The Morgan fingerprint density at radius 1 is 1.69 bits per heavy atom. The zero-order valence-corrected chi connectivity index (χ0v) is 7.70. The Balaban J connectivity index is 0.00000144. The third kappa shape index (κ3) is 3.87. The molecule has 0 saturated carbocycles. The van der Waals surface area contributed by atoms with Gasteiger partial charge in [-0.15, -0.1) is 12.4 Å². The summed E-state index contributed by atoms with van der Waals surface area (Å²) in [4.78, 5) is 14.1. The minimum absolute atomic E-state index is 0. The van der Waals surface area contributed by atoms with Crippen LogP contribution < -0.4 is 5.73 Å². The minimum Gasteiger partial charge on any atom is -0.481 e. The Hall–Kier alpha value is -1.13.